The van der Waals surface area contributed by atoms with E-state index in [-0.39, 0.29) is 0 Å². The van der Waals surface area contributed by atoms with Crippen LogP contribution in [0.25, 0.3) is 0 Å². The molecule has 0 spiro atoms. The van der Waals surface area contributed by atoms with E-state index in [4.69, 9.17) is 4.74 Å². The lowest BCUT2D eigenvalue weighted by molar-refractivity contribution is 0.0172. The second-order valence-electron chi connectivity index (χ2n) is 5.56. The summed E-state index contributed by atoms with van der Waals surface area (Å²) in [6.45, 7) is 8.85. The zero-order chi connectivity index (χ0) is 12.5. The van der Waals surface area contributed by atoms with E-state index in [9.17, 15) is 0 Å². The van der Waals surface area contributed by atoms with Gasteiger partial charge in [-0.2, -0.15) is 0 Å². The summed E-state index contributed by atoms with van der Waals surface area (Å²) >= 11 is 0. The summed E-state index contributed by atoms with van der Waals surface area (Å²) in [6, 6.07) is 0.690. The van der Waals surface area contributed by atoms with Gasteiger partial charge in [0.2, 0.25) is 0 Å². The maximum absolute atomic E-state index is 5.98. The Balaban J connectivity index is 1.99. The fourth-order valence-electron chi connectivity index (χ4n) is 2.72. The van der Waals surface area contributed by atoms with E-state index >= 15 is 0 Å². The third-order valence-electron chi connectivity index (χ3n) is 4.00. The molecule has 1 unspecified atom stereocenters. The molecule has 1 aliphatic rings. The first-order chi connectivity index (χ1) is 8.26. The predicted molar refractivity (Wildman–Crippen MR) is 74.4 cm³/mol. The minimum atomic E-state index is 0.561. The van der Waals surface area contributed by atoms with Gasteiger partial charge in [0.25, 0.3) is 0 Å². The topological polar surface area (TPSA) is 21.3 Å². The van der Waals surface area contributed by atoms with E-state index in [1.807, 2.05) is 0 Å². The number of ether oxygens (including phenoxy) is 1. The Morgan fingerprint density at radius 3 is 2.47 bits per heavy atom. The van der Waals surface area contributed by atoms with Crippen LogP contribution in [-0.2, 0) is 4.74 Å². The molecule has 2 heteroatoms. The quantitative estimate of drug-likeness (QED) is 0.653. The van der Waals surface area contributed by atoms with Gasteiger partial charge in [0.05, 0.1) is 6.10 Å². The molecule has 0 bridgehead atoms. The van der Waals surface area contributed by atoms with Gasteiger partial charge in [-0.15, -0.1) is 0 Å². The smallest absolute Gasteiger partial charge is 0.0575 e. The van der Waals surface area contributed by atoms with Crippen LogP contribution in [0.5, 0.6) is 0 Å². The van der Waals surface area contributed by atoms with Gasteiger partial charge in [0.15, 0.2) is 0 Å². The second kappa shape index (κ2) is 8.93. The van der Waals surface area contributed by atoms with Crippen LogP contribution in [0.15, 0.2) is 0 Å². The van der Waals surface area contributed by atoms with Crippen molar-refractivity contribution in [3.8, 4) is 0 Å². The number of rotatable bonds is 8. The van der Waals surface area contributed by atoms with Gasteiger partial charge in [-0.1, -0.05) is 20.8 Å². The van der Waals surface area contributed by atoms with Gasteiger partial charge in [-0.05, 0) is 57.4 Å². The van der Waals surface area contributed by atoms with Crippen LogP contribution in [0.4, 0.5) is 0 Å². The Bertz CT molecular complexity index is 176. The normalized spacial score (nSPS) is 27.0. The maximum atomic E-state index is 5.98. The van der Waals surface area contributed by atoms with Crippen molar-refractivity contribution < 1.29 is 4.74 Å². The SMILES string of the molecule is CCNC(CC)CCCOC1CCC(C)CC1. The molecule has 0 saturated heterocycles. The maximum Gasteiger partial charge on any atom is 0.0575 e. The van der Waals surface area contributed by atoms with Crippen LogP contribution in [0.2, 0.25) is 0 Å². The van der Waals surface area contributed by atoms with Crippen LogP contribution in [-0.4, -0.2) is 25.3 Å². The summed E-state index contributed by atoms with van der Waals surface area (Å²) in [7, 11) is 0. The molecular weight excluding hydrogens is 210 g/mol. The molecule has 17 heavy (non-hydrogen) atoms. The van der Waals surface area contributed by atoms with E-state index in [1.54, 1.807) is 0 Å². The lowest BCUT2D eigenvalue weighted by Crippen LogP contribution is -2.28. The number of nitrogens with one attached hydrogen (secondary N) is 1. The molecule has 0 aliphatic heterocycles. The van der Waals surface area contributed by atoms with Gasteiger partial charge >= 0.3 is 0 Å². The highest BCUT2D eigenvalue weighted by molar-refractivity contribution is 4.70. The van der Waals surface area contributed by atoms with Crippen molar-refractivity contribution in [2.45, 2.75) is 77.9 Å². The predicted octanol–water partition coefficient (Wildman–Crippen LogP) is 3.75. The summed E-state index contributed by atoms with van der Waals surface area (Å²) in [5.74, 6) is 0.924. The van der Waals surface area contributed by atoms with Crippen LogP contribution in [0.1, 0.15) is 65.7 Å². The summed E-state index contributed by atoms with van der Waals surface area (Å²) in [5.41, 5.74) is 0. The first-order valence-electron chi connectivity index (χ1n) is 7.61. The van der Waals surface area contributed by atoms with Gasteiger partial charge < -0.3 is 10.1 Å². The highest BCUT2D eigenvalue weighted by Gasteiger charge is 2.18. The first-order valence-corrected chi connectivity index (χ1v) is 7.61. The molecule has 1 fully saturated rings. The van der Waals surface area contributed by atoms with Crippen molar-refractivity contribution in [3.05, 3.63) is 0 Å². The van der Waals surface area contributed by atoms with E-state index < -0.39 is 0 Å². The van der Waals surface area contributed by atoms with E-state index in [2.05, 4.69) is 26.1 Å². The molecule has 102 valence electrons. The third kappa shape index (κ3) is 6.42. The first kappa shape index (κ1) is 15.0. The molecule has 1 rings (SSSR count). The molecule has 1 saturated carbocycles. The van der Waals surface area contributed by atoms with Crippen LogP contribution < -0.4 is 5.32 Å². The average Bonchev–Trinajstić information content (AvgIpc) is 2.35. The Morgan fingerprint density at radius 2 is 1.88 bits per heavy atom. The molecule has 0 aromatic rings. The van der Waals surface area contributed by atoms with Crippen molar-refractivity contribution in [1.29, 1.82) is 0 Å². The fraction of sp³-hybridized carbons (Fsp3) is 1.00. The van der Waals surface area contributed by atoms with Crippen LogP contribution in [0.3, 0.4) is 0 Å². The lowest BCUT2D eigenvalue weighted by atomic mass is 9.89. The molecule has 2 nitrogen and oxygen atoms in total. The Kier molecular flexibility index (Phi) is 7.87. The van der Waals surface area contributed by atoms with E-state index in [0.29, 0.717) is 12.1 Å². The van der Waals surface area contributed by atoms with Crippen molar-refractivity contribution in [3.63, 3.8) is 0 Å². The van der Waals surface area contributed by atoms with Crippen molar-refractivity contribution >= 4 is 0 Å². The van der Waals surface area contributed by atoms with Crippen molar-refractivity contribution in [2.24, 2.45) is 5.92 Å². The fourth-order valence-corrected chi connectivity index (χ4v) is 2.72. The molecule has 0 amide bonds. The van der Waals surface area contributed by atoms with Gasteiger partial charge in [0.1, 0.15) is 0 Å². The average molecular weight is 241 g/mol. The molecule has 1 atom stereocenters. The molecule has 0 radical (unpaired) electrons. The molecule has 0 aromatic carbocycles. The third-order valence-corrected chi connectivity index (χ3v) is 4.00. The zero-order valence-electron chi connectivity index (χ0n) is 12.0. The highest BCUT2D eigenvalue weighted by Crippen LogP contribution is 2.25. The second-order valence-corrected chi connectivity index (χ2v) is 5.56. The summed E-state index contributed by atoms with van der Waals surface area (Å²) in [4.78, 5) is 0. The number of hydrogen-bond donors (Lipinski definition) is 1. The van der Waals surface area contributed by atoms with Crippen LogP contribution in [0, 0.1) is 5.92 Å². The Morgan fingerprint density at radius 1 is 1.18 bits per heavy atom. The van der Waals surface area contributed by atoms with Gasteiger partial charge in [-0.3, -0.25) is 0 Å². The Labute approximate surface area is 108 Å². The minimum Gasteiger partial charge on any atom is -0.378 e. The largest absolute Gasteiger partial charge is 0.378 e. The summed E-state index contributed by atoms with van der Waals surface area (Å²) in [6.07, 6.45) is 9.54. The Hall–Kier alpha value is -0.0800. The van der Waals surface area contributed by atoms with Crippen molar-refractivity contribution in [1.82, 2.24) is 5.32 Å². The monoisotopic (exact) mass is 241 g/mol. The summed E-state index contributed by atoms with van der Waals surface area (Å²) in [5, 5.41) is 3.52. The molecule has 0 heterocycles. The molecular formula is C15H31NO. The standard InChI is InChI=1S/C15H31NO/c1-4-14(16-5-2)7-6-12-17-15-10-8-13(3)9-11-15/h13-16H,4-12H2,1-3H3. The molecule has 0 aromatic heterocycles. The minimum absolute atomic E-state index is 0.561. The molecule has 1 N–H and O–H groups in total. The number of hydrogen-bond acceptors (Lipinski definition) is 2. The molecule has 1 aliphatic carbocycles. The lowest BCUT2D eigenvalue weighted by Gasteiger charge is -2.26. The van der Waals surface area contributed by atoms with Crippen LogP contribution >= 0.6 is 0 Å². The highest BCUT2D eigenvalue weighted by atomic mass is 16.5. The van der Waals surface area contributed by atoms with Gasteiger partial charge in [-0.25, -0.2) is 0 Å². The van der Waals surface area contributed by atoms with E-state index in [0.717, 1.165) is 19.1 Å². The van der Waals surface area contributed by atoms with Gasteiger partial charge in [0, 0.05) is 12.6 Å². The zero-order valence-corrected chi connectivity index (χ0v) is 12.0. The summed E-state index contributed by atoms with van der Waals surface area (Å²) < 4.78 is 5.98. The van der Waals surface area contributed by atoms with Crippen molar-refractivity contribution in [2.75, 3.05) is 13.2 Å². The van der Waals surface area contributed by atoms with E-state index in [1.165, 1.54) is 44.9 Å².